The number of carboxylic acid groups (broad SMARTS) is 1. The number of fused-ring (bicyclic) bond motifs is 1. The third-order valence-electron chi connectivity index (χ3n) is 2.44. The van der Waals surface area contributed by atoms with Crippen molar-refractivity contribution in [3.05, 3.63) is 22.2 Å². The summed E-state index contributed by atoms with van der Waals surface area (Å²) in [6, 6.07) is 2.11. The van der Waals surface area contributed by atoms with Crippen molar-refractivity contribution in [1.29, 1.82) is 0 Å². The molecule has 0 saturated carbocycles. The lowest BCUT2D eigenvalue weighted by atomic mass is 10.2. The van der Waals surface area contributed by atoms with Gasteiger partial charge in [-0.2, -0.15) is 0 Å². The lowest BCUT2D eigenvalue weighted by Crippen LogP contribution is -2.23. The molecule has 1 heterocycles. The molecule has 2 N–H and O–H groups in total. The van der Waals surface area contributed by atoms with Gasteiger partial charge in [0, 0.05) is 6.07 Å². The number of sulfonamides is 1. The Morgan fingerprint density at radius 1 is 1.33 bits per heavy atom. The largest absolute Gasteiger partial charge is 0.486 e. The summed E-state index contributed by atoms with van der Waals surface area (Å²) in [6.45, 7) is 0.431. The number of hydrogen-bond acceptors (Lipinski definition) is 7. The SMILES string of the molecule is O=C(O)CS(=O)(=O)Nc1cc2c(cc1[N+](=O)[O-])OCCO2. The van der Waals surface area contributed by atoms with Crippen LogP contribution in [-0.2, 0) is 14.8 Å². The molecular formula is C10H10N2O8S. The number of nitrogens with one attached hydrogen (secondary N) is 1. The smallest absolute Gasteiger partial charge is 0.320 e. The zero-order chi connectivity index (χ0) is 15.6. The summed E-state index contributed by atoms with van der Waals surface area (Å²) in [5, 5.41) is 19.5. The second-order valence-corrected chi connectivity index (χ2v) is 5.75. The third-order valence-corrected chi connectivity index (χ3v) is 3.59. The molecule has 10 nitrogen and oxygen atoms in total. The van der Waals surface area contributed by atoms with Crippen molar-refractivity contribution >= 4 is 27.4 Å². The van der Waals surface area contributed by atoms with Crippen molar-refractivity contribution in [3.8, 4) is 11.5 Å². The number of nitro groups is 1. The maximum absolute atomic E-state index is 11.6. The maximum Gasteiger partial charge on any atom is 0.320 e. The van der Waals surface area contributed by atoms with E-state index in [-0.39, 0.29) is 30.4 Å². The summed E-state index contributed by atoms with van der Waals surface area (Å²) in [6.07, 6.45) is 0. The van der Waals surface area contributed by atoms with Crippen LogP contribution in [0.5, 0.6) is 11.5 Å². The molecule has 0 radical (unpaired) electrons. The standard InChI is InChI=1S/C10H10N2O8S/c13-10(14)5-21(17,18)11-6-3-8-9(20-2-1-19-8)4-7(6)12(15)16/h3-4,11H,1-2,5H2,(H,13,14). The molecule has 0 unspecified atom stereocenters. The molecule has 0 saturated heterocycles. The van der Waals surface area contributed by atoms with E-state index in [4.69, 9.17) is 14.6 Å². The summed E-state index contributed by atoms with van der Waals surface area (Å²) in [5.74, 6) is -2.53. The molecule has 2 rings (SSSR count). The van der Waals surface area contributed by atoms with Gasteiger partial charge >= 0.3 is 5.97 Å². The summed E-state index contributed by atoms with van der Waals surface area (Å²) in [5.41, 5.74) is -0.946. The van der Waals surface area contributed by atoms with E-state index in [0.717, 1.165) is 12.1 Å². The van der Waals surface area contributed by atoms with Crippen LogP contribution in [-0.4, -0.2) is 43.4 Å². The Morgan fingerprint density at radius 3 is 2.43 bits per heavy atom. The molecule has 21 heavy (non-hydrogen) atoms. The van der Waals surface area contributed by atoms with Crippen LogP contribution in [0.3, 0.4) is 0 Å². The quantitative estimate of drug-likeness (QED) is 0.578. The molecule has 0 bridgehead atoms. The third kappa shape index (κ3) is 3.51. The van der Waals surface area contributed by atoms with Gasteiger partial charge in [0.1, 0.15) is 18.9 Å². The lowest BCUT2D eigenvalue weighted by Gasteiger charge is -2.19. The zero-order valence-electron chi connectivity index (χ0n) is 10.4. The summed E-state index contributed by atoms with van der Waals surface area (Å²) in [7, 11) is -4.27. The Labute approximate surface area is 118 Å². The Balaban J connectivity index is 2.42. The van der Waals surface area contributed by atoms with E-state index >= 15 is 0 Å². The minimum absolute atomic E-state index is 0.120. The first-order valence-corrected chi connectivity index (χ1v) is 7.24. The molecule has 0 spiro atoms. The number of ether oxygens (including phenoxy) is 2. The van der Waals surface area contributed by atoms with Gasteiger partial charge < -0.3 is 14.6 Å². The average molecular weight is 318 g/mol. The Hall–Kier alpha value is -2.56. The van der Waals surface area contributed by atoms with Crippen LogP contribution in [0.2, 0.25) is 0 Å². The number of rotatable bonds is 5. The van der Waals surface area contributed by atoms with Crippen LogP contribution < -0.4 is 14.2 Å². The molecule has 114 valence electrons. The highest BCUT2D eigenvalue weighted by atomic mass is 32.2. The number of anilines is 1. The predicted octanol–water partition coefficient (Wildman–Crippen LogP) is 0.192. The van der Waals surface area contributed by atoms with Crippen molar-refractivity contribution in [1.82, 2.24) is 0 Å². The summed E-state index contributed by atoms with van der Waals surface area (Å²) < 4.78 is 35.4. The first kappa shape index (κ1) is 14.8. The molecule has 0 fully saturated rings. The lowest BCUT2D eigenvalue weighted by molar-refractivity contribution is -0.384. The number of aliphatic carboxylic acids is 1. The van der Waals surface area contributed by atoms with Gasteiger partial charge in [0.25, 0.3) is 5.69 Å². The molecule has 0 atom stereocenters. The van der Waals surface area contributed by atoms with Crippen LogP contribution in [0.25, 0.3) is 0 Å². The van der Waals surface area contributed by atoms with E-state index in [9.17, 15) is 23.3 Å². The highest BCUT2D eigenvalue weighted by Crippen LogP contribution is 2.39. The minimum atomic E-state index is -4.27. The van der Waals surface area contributed by atoms with Gasteiger partial charge in [-0.1, -0.05) is 0 Å². The summed E-state index contributed by atoms with van der Waals surface area (Å²) in [4.78, 5) is 20.6. The molecule has 1 aromatic carbocycles. The molecule has 0 aliphatic carbocycles. The molecular weight excluding hydrogens is 308 g/mol. The van der Waals surface area contributed by atoms with Gasteiger partial charge in [-0.15, -0.1) is 0 Å². The molecule has 1 aliphatic heterocycles. The van der Waals surface area contributed by atoms with Crippen molar-refractivity contribution < 1.29 is 32.7 Å². The molecule has 0 amide bonds. The second-order valence-electron chi connectivity index (χ2n) is 4.03. The predicted molar refractivity (Wildman–Crippen MR) is 69.1 cm³/mol. The Kier molecular flexibility index (Phi) is 3.84. The monoisotopic (exact) mass is 318 g/mol. The van der Waals surface area contributed by atoms with Crippen LogP contribution in [0, 0.1) is 10.1 Å². The fourth-order valence-corrected chi connectivity index (χ4v) is 2.57. The maximum atomic E-state index is 11.6. The fraction of sp³-hybridized carbons (Fsp3) is 0.300. The topological polar surface area (TPSA) is 145 Å². The van der Waals surface area contributed by atoms with E-state index in [0.29, 0.717) is 0 Å². The van der Waals surface area contributed by atoms with Gasteiger partial charge in [0.15, 0.2) is 17.3 Å². The van der Waals surface area contributed by atoms with Crippen LogP contribution >= 0.6 is 0 Å². The number of nitro benzene ring substituents is 1. The highest BCUT2D eigenvalue weighted by Gasteiger charge is 2.26. The average Bonchev–Trinajstić information content (AvgIpc) is 2.35. The van der Waals surface area contributed by atoms with Gasteiger partial charge in [-0.25, -0.2) is 8.42 Å². The second kappa shape index (κ2) is 5.44. The van der Waals surface area contributed by atoms with Crippen molar-refractivity contribution in [2.75, 3.05) is 23.7 Å². The van der Waals surface area contributed by atoms with Crippen LogP contribution in [0.15, 0.2) is 12.1 Å². The fourth-order valence-electron chi connectivity index (χ4n) is 1.68. The number of carboxylic acids is 1. The normalized spacial score (nSPS) is 13.5. The van der Waals surface area contributed by atoms with Crippen LogP contribution in [0.1, 0.15) is 0 Å². The van der Waals surface area contributed by atoms with Gasteiger partial charge in [-0.05, 0) is 0 Å². The zero-order valence-corrected chi connectivity index (χ0v) is 11.3. The molecule has 0 aromatic heterocycles. The first-order valence-electron chi connectivity index (χ1n) is 5.59. The minimum Gasteiger partial charge on any atom is -0.486 e. The van der Waals surface area contributed by atoms with Crippen LogP contribution in [0.4, 0.5) is 11.4 Å². The number of carbonyl (C=O) groups is 1. The molecule has 1 aromatic rings. The van der Waals surface area contributed by atoms with Gasteiger partial charge in [0.05, 0.1) is 11.0 Å². The van der Waals surface area contributed by atoms with Gasteiger partial charge in [-0.3, -0.25) is 19.6 Å². The molecule has 1 aliphatic rings. The highest BCUT2D eigenvalue weighted by molar-refractivity contribution is 7.93. The summed E-state index contributed by atoms with van der Waals surface area (Å²) >= 11 is 0. The van der Waals surface area contributed by atoms with Crippen molar-refractivity contribution in [3.63, 3.8) is 0 Å². The number of hydrogen-bond donors (Lipinski definition) is 2. The van der Waals surface area contributed by atoms with E-state index in [1.165, 1.54) is 0 Å². The van der Waals surface area contributed by atoms with Crippen molar-refractivity contribution in [2.45, 2.75) is 0 Å². The number of nitrogens with zero attached hydrogens (tertiary/aromatic N) is 1. The van der Waals surface area contributed by atoms with E-state index in [2.05, 4.69) is 0 Å². The van der Waals surface area contributed by atoms with E-state index in [1.807, 2.05) is 4.72 Å². The van der Waals surface area contributed by atoms with Gasteiger partial charge in [0.2, 0.25) is 10.0 Å². The Morgan fingerprint density at radius 2 is 1.90 bits per heavy atom. The van der Waals surface area contributed by atoms with E-state index < -0.39 is 32.4 Å². The molecule has 11 heteroatoms. The van der Waals surface area contributed by atoms with Crippen molar-refractivity contribution in [2.24, 2.45) is 0 Å². The first-order chi connectivity index (χ1) is 9.78. The van der Waals surface area contributed by atoms with E-state index in [1.54, 1.807) is 0 Å². The Bertz CT molecular complexity index is 699. The number of benzene rings is 1.